The van der Waals surface area contributed by atoms with Crippen LogP contribution in [0.2, 0.25) is 0 Å². The zero-order valence-electron chi connectivity index (χ0n) is 11.1. The Morgan fingerprint density at radius 2 is 1.67 bits per heavy atom. The van der Waals surface area contributed by atoms with Crippen molar-refractivity contribution >= 4 is 0 Å². The molecule has 1 N–H and O–H groups in total. The molecule has 0 aromatic carbocycles. The maximum atomic E-state index is 3.67. The van der Waals surface area contributed by atoms with Gasteiger partial charge in [0.15, 0.2) is 0 Å². The first-order chi connectivity index (χ1) is 6.71. The van der Waals surface area contributed by atoms with Crippen molar-refractivity contribution in [3.8, 4) is 0 Å². The third kappa shape index (κ3) is 1.83. The van der Waals surface area contributed by atoms with Gasteiger partial charge < -0.3 is 5.32 Å². The van der Waals surface area contributed by atoms with Gasteiger partial charge in [-0.25, -0.2) is 0 Å². The molecule has 1 unspecified atom stereocenters. The highest BCUT2D eigenvalue weighted by atomic mass is 15.3. The summed E-state index contributed by atoms with van der Waals surface area (Å²) in [4.78, 5) is 2.76. The Hall–Kier alpha value is -0.0800. The Morgan fingerprint density at radius 1 is 1.07 bits per heavy atom. The third-order valence-corrected chi connectivity index (χ3v) is 3.88. The Kier molecular flexibility index (Phi) is 2.44. The number of hydrogen-bond acceptors (Lipinski definition) is 2. The van der Waals surface area contributed by atoms with Crippen molar-refractivity contribution in [2.24, 2.45) is 5.41 Å². The smallest absolute Gasteiger partial charge is 0.0307 e. The van der Waals surface area contributed by atoms with Gasteiger partial charge in [-0.15, -0.1) is 0 Å². The van der Waals surface area contributed by atoms with E-state index in [-0.39, 0.29) is 0 Å². The first-order valence-electron chi connectivity index (χ1n) is 6.23. The highest BCUT2D eigenvalue weighted by Gasteiger charge is 2.53. The lowest BCUT2D eigenvalue weighted by atomic mass is 9.81. The fourth-order valence-corrected chi connectivity index (χ4v) is 3.61. The number of rotatable bonds is 0. The van der Waals surface area contributed by atoms with E-state index in [0.717, 1.165) is 6.04 Å². The van der Waals surface area contributed by atoms with E-state index in [1.807, 2.05) is 0 Å². The van der Waals surface area contributed by atoms with Crippen molar-refractivity contribution < 1.29 is 0 Å². The second-order valence-electron chi connectivity index (χ2n) is 7.29. The fraction of sp³-hybridized carbons (Fsp3) is 1.00. The van der Waals surface area contributed by atoms with E-state index in [1.165, 1.54) is 13.0 Å². The molecule has 0 saturated carbocycles. The zero-order chi connectivity index (χ0) is 11.4. The summed E-state index contributed by atoms with van der Waals surface area (Å²) in [5.74, 6) is 0. The first-order valence-corrected chi connectivity index (χ1v) is 6.23. The largest absolute Gasteiger partial charge is 0.311 e. The third-order valence-electron chi connectivity index (χ3n) is 3.88. The van der Waals surface area contributed by atoms with Crippen LogP contribution in [0.3, 0.4) is 0 Å². The lowest BCUT2D eigenvalue weighted by Gasteiger charge is -2.49. The zero-order valence-corrected chi connectivity index (χ0v) is 11.1. The number of hydrogen-bond donors (Lipinski definition) is 1. The van der Waals surface area contributed by atoms with Crippen LogP contribution in [0.25, 0.3) is 0 Å². The molecule has 2 nitrogen and oxygen atoms in total. The summed E-state index contributed by atoms with van der Waals surface area (Å²) in [7, 11) is 0. The maximum absolute atomic E-state index is 3.67. The highest BCUT2D eigenvalue weighted by Crippen LogP contribution is 2.43. The fourth-order valence-electron chi connectivity index (χ4n) is 3.61. The molecule has 2 saturated heterocycles. The molecule has 2 bridgehead atoms. The molecule has 2 aliphatic rings. The van der Waals surface area contributed by atoms with E-state index >= 15 is 0 Å². The highest BCUT2D eigenvalue weighted by molar-refractivity contribution is 5.11. The molecule has 2 fully saturated rings. The molecule has 0 amide bonds. The van der Waals surface area contributed by atoms with Crippen molar-refractivity contribution in [1.82, 2.24) is 10.2 Å². The Morgan fingerprint density at radius 3 is 2.07 bits per heavy atom. The number of fused-ring (bicyclic) bond motifs is 2. The van der Waals surface area contributed by atoms with E-state index in [4.69, 9.17) is 0 Å². The molecule has 2 rings (SSSR count). The van der Waals surface area contributed by atoms with Crippen molar-refractivity contribution in [2.75, 3.05) is 6.54 Å². The molecule has 2 heterocycles. The molecule has 0 aliphatic carbocycles. The lowest BCUT2D eigenvalue weighted by molar-refractivity contribution is 0.000941. The quantitative estimate of drug-likeness (QED) is 0.659. The summed E-state index contributed by atoms with van der Waals surface area (Å²) in [6.07, 6.45) is 1.35. The van der Waals surface area contributed by atoms with Gasteiger partial charge in [0.2, 0.25) is 0 Å². The number of nitrogens with zero attached hydrogens (tertiary/aromatic N) is 1. The summed E-state index contributed by atoms with van der Waals surface area (Å²) in [5, 5.41) is 3.67. The molecule has 2 aliphatic heterocycles. The van der Waals surface area contributed by atoms with Crippen LogP contribution in [0, 0.1) is 5.41 Å². The van der Waals surface area contributed by atoms with Gasteiger partial charge >= 0.3 is 0 Å². The Balaban J connectivity index is 2.28. The summed E-state index contributed by atoms with van der Waals surface area (Å²) < 4.78 is 0. The van der Waals surface area contributed by atoms with Crippen LogP contribution in [0.1, 0.15) is 48.0 Å². The summed E-state index contributed by atoms with van der Waals surface area (Å²) in [6.45, 7) is 15.4. The summed E-state index contributed by atoms with van der Waals surface area (Å²) in [5.41, 5.74) is 0.680. The molecule has 0 aromatic heterocycles. The molecular formula is C13H26N2. The Labute approximate surface area is 94.4 Å². The van der Waals surface area contributed by atoms with Gasteiger partial charge in [-0.2, -0.15) is 0 Å². The predicted octanol–water partition coefficient (Wildman–Crippen LogP) is 2.25. The number of nitrogens with one attached hydrogen (secondary N) is 1. The predicted molar refractivity (Wildman–Crippen MR) is 65.0 cm³/mol. The molecule has 2 heteroatoms. The molecule has 88 valence electrons. The SMILES string of the molecule is CC(C)(C)C1[C@H]2C[C@H](CN2)N1C(C)(C)C. The maximum Gasteiger partial charge on any atom is 0.0307 e. The van der Waals surface area contributed by atoms with Crippen LogP contribution in [-0.4, -0.2) is 35.1 Å². The molecular weight excluding hydrogens is 184 g/mol. The van der Waals surface area contributed by atoms with Crippen LogP contribution in [0.15, 0.2) is 0 Å². The summed E-state index contributed by atoms with van der Waals surface area (Å²) >= 11 is 0. The van der Waals surface area contributed by atoms with Gasteiger partial charge in [-0.3, -0.25) is 4.90 Å². The molecule has 15 heavy (non-hydrogen) atoms. The Bertz CT molecular complexity index is 220. The number of piperazine rings is 1. The van der Waals surface area contributed by atoms with Crippen LogP contribution < -0.4 is 5.32 Å². The van der Waals surface area contributed by atoms with E-state index in [9.17, 15) is 0 Å². The van der Waals surface area contributed by atoms with Crippen LogP contribution in [-0.2, 0) is 0 Å². The van der Waals surface area contributed by atoms with E-state index in [1.54, 1.807) is 0 Å². The van der Waals surface area contributed by atoms with Gasteiger partial charge in [0.05, 0.1) is 0 Å². The van der Waals surface area contributed by atoms with Gasteiger partial charge in [0, 0.05) is 30.2 Å². The molecule has 0 aromatic rings. The second-order valence-corrected chi connectivity index (χ2v) is 7.29. The molecule has 0 spiro atoms. The van der Waals surface area contributed by atoms with E-state index in [0.29, 0.717) is 23.0 Å². The average molecular weight is 210 g/mol. The molecule has 3 atom stereocenters. The minimum absolute atomic E-state index is 0.305. The van der Waals surface area contributed by atoms with E-state index < -0.39 is 0 Å². The van der Waals surface area contributed by atoms with E-state index in [2.05, 4.69) is 51.8 Å². The van der Waals surface area contributed by atoms with Crippen LogP contribution in [0.5, 0.6) is 0 Å². The molecule has 0 radical (unpaired) electrons. The summed E-state index contributed by atoms with van der Waals surface area (Å²) in [6, 6.07) is 2.17. The van der Waals surface area contributed by atoms with Crippen LogP contribution in [0.4, 0.5) is 0 Å². The van der Waals surface area contributed by atoms with Gasteiger partial charge in [-0.05, 0) is 32.6 Å². The van der Waals surface area contributed by atoms with Gasteiger partial charge in [0.25, 0.3) is 0 Å². The second kappa shape index (κ2) is 3.21. The topological polar surface area (TPSA) is 15.3 Å². The van der Waals surface area contributed by atoms with Crippen LogP contribution >= 0.6 is 0 Å². The monoisotopic (exact) mass is 210 g/mol. The van der Waals surface area contributed by atoms with Gasteiger partial charge in [-0.1, -0.05) is 20.8 Å². The van der Waals surface area contributed by atoms with Crippen molar-refractivity contribution in [2.45, 2.75) is 71.6 Å². The van der Waals surface area contributed by atoms with Crippen molar-refractivity contribution in [3.63, 3.8) is 0 Å². The minimum atomic E-state index is 0.305. The van der Waals surface area contributed by atoms with Crippen molar-refractivity contribution in [3.05, 3.63) is 0 Å². The van der Waals surface area contributed by atoms with Crippen molar-refractivity contribution in [1.29, 1.82) is 0 Å². The average Bonchev–Trinajstić information content (AvgIpc) is 2.56. The normalized spacial score (nSPS) is 37.6. The standard InChI is InChI=1S/C13H26N2/c1-12(2,3)11-10-7-9(8-14-10)15(11)13(4,5)6/h9-11,14H,7-8H2,1-6H3/t9-,10-,11?/m1/s1. The first kappa shape index (κ1) is 11.4. The lowest BCUT2D eigenvalue weighted by Crippen LogP contribution is -2.62. The van der Waals surface area contributed by atoms with Gasteiger partial charge in [0.1, 0.15) is 0 Å². The number of likely N-dealkylation sites (tertiary alicyclic amines) is 1. The minimum Gasteiger partial charge on any atom is -0.311 e.